The molecule has 0 aromatic heterocycles. The number of hydrogen-bond donors (Lipinski definition) is 0. The highest BCUT2D eigenvalue weighted by atomic mass is 16.6. The number of nitrogens with zero attached hydrogens (tertiary/aromatic N) is 2. The summed E-state index contributed by atoms with van der Waals surface area (Å²) in [5, 5.41) is 10.7. The first-order chi connectivity index (χ1) is 12.0. The Kier molecular flexibility index (Phi) is 4.47. The maximum atomic E-state index is 12.8. The van der Waals surface area contributed by atoms with Crippen molar-refractivity contribution in [3.8, 4) is 0 Å². The van der Waals surface area contributed by atoms with Gasteiger partial charge >= 0.3 is 5.97 Å². The predicted octanol–water partition coefficient (Wildman–Crippen LogP) is 2.97. The summed E-state index contributed by atoms with van der Waals surface area (Å²) >= 11 is 0. The van der Waals surface area contributed by atoms with Gasteiger partial charge in [0.05, 0.1) is 17.6 Å². The average molecular weight is 340 g/mol. The van der Waals surface area contributed by atoms with Crippen LogP contribution < -0.4 is 4.90 Å². The van der Waals surface area contributed by atoms with Crippen molar-refractivity contribution in [3.05, 3.63) is 69.3 Å². The molecule has 1 aliphatic heterocycles. The molecule has 0 spiro atoms. The molecule has 1 aliphatic rings. The van der Waals surface area contributed by atoms with Gasteiger partial charge in [0.15, 0.2) is 0 Å². The number of benzene rings is 2. The molecule has 0 saturated heterocycles. The average Bonchev–Trinajstić information content (AvgIpc) is 2.65. The van der Waals surface area contributed by atoms with Crippen LogP contribution in [0.5, 0.6) is 0 Å². The first-order valence-corrected chi connectivity index (χ1v) is 7.79. The van der Waals surface area contributed by atoms with Crippen molar-refractivity contribution >= 4 is 23.3 Å². The lowest BCUT2D eigenvalue weighted by molar-refractivity contribution is -0.384. The maximum Gasteiger partial charge on any atom is 0.338 e. The van der Waals surface area contributed by atoms with Crippen LogP contribution in [0.1, 0.15) is 32.7 Å². The molecule has 0 bridgehead atoms. The molecule has 7 heteroatoms. The quantitative estimate of drug-likeness (QED) is 0.487. The zero-order chi connectivity index (χ0) is 18.0. The lowest BCUT2D eigenvalue weighted by Crippen LogP contribution is -2.36. The molecule has 0 radical (unpaired) electrons. The van der Waals surface area contributed by atoms with Crippen molar-refractivity contribution in [2.45, 2.75) is 12.8 Å². The molecule has 1 amide bonds. The third kappa shape index (κ3) is 3.08. The molecule has 128 valence electrons. The van der Waals surface area contributed by atoms with Gasteiger partial charge in [0.1, 0.15) is 0 Å². The Hall–Kier alpha value is -3.22. The molecule has 0 atom stereocenters. The minimum absolute atomic E-state index is 0.0661. The minimum atomic E-state index is -0.507. The highest BCUT2D eigenvalue weighted by molar-refractivity contribution is 6.07. The molecule has 0 saturated carbocycles. The molecule has 0 unspecified atom stereocenters. The van der Waals surface area contributed by atoms with Gasteiger partial charge in [0.25, 0.3) is 11.6 Å². The topological polar surface area (TPSA) is 89.8 Å². The van der Waals surface area contributed by atoms with Crippen LogP contribution in [-0.2, 0) is 11.2 Å². The zero-order valence-electron chi connectivity index (χ0n) is 13.6. The van der Waals surface area contributed by atoms with Gasteiger partial charge in [0, 0.05) is 29.9 Å². The Bertz CT molecular complexity index is 845. The Labute approximate surface area is 144 Å². The van der Waals surface area contributed by atoms with E-state index in [-0.39, 0.29) is 11.6 Å². The van der Waals surface area contributed by atoms with E-state index in [1.54, 1.807) is 23.1 Å². The highest BCUT2D eigenvalue weighted by Crippen LogP contribution is 2.31. The van der Waals surface area contributed by atoms with Crippen molar-refractivity contribution in [1.29, 1.82) is 0 Å². The van der Waals surface area contributed by atoms with Crippen molar-refractivity contribution in [2.24, 2.45) is 0 Å². The number of esters is 1. The second-order valence-corrected chi connectivity index (χ2v) is 5.66. The first-order valence-electron chi connectivity index (χ1n) is 7.79. The lowest BCUT2D eigenvalue weighted by atomic mass is 9.95. The van der Waals surface area contributed by atoms with Gasteiger partial charge in [-0.25, -0.2) is 4.79 Å². The molecular weight excluding hydrogens is 324 g/mol. The number of non-ortho nitro benzene ring substituents is 1. The van der Waals surface area contributed by atoms with E-state index in [4.69, 9.17) is 4.74 Å². The number of hydrogen-bond acceptors (Lipinski definition) is 5. The van der Waals surface area contributed by atoms with E-state index in [1.807, 2.05) is 0 Å². The summed E-state index contributed by atoms with van der Waals surface area (Å²) in [6.45, 7) is 0.521. The van der Waals surface area contributed by atoms with Crippen LogP contribution in [0.2, 0.25) is 0 Å². The number of nitro groups is 1. The van der Waals surface area contributed by atoms with Crippen molar-refractivity contribution in [3.63, 3.8) is 0 Å². The van der Waals surface area contributed by atoms with Gasteiger partial charge in [-0.3, -0.25) is 14.9 Å². The second kappa shape index (κ2) is 6.72. The van der Waals surface area contributed by atoms with Crippen LogP contribution in [0, 0.1) is 10.1 Å². The number of carbonyl (C=O) groups is 2. The summed E-state index contributed by atoms with van der Waals surface area (Å²) in [5.41, 5.74) is 2.22. The summed E-state index contributed by atoms with van der Waals surface area (Å²) < 4.78 is 4.81. The monoisotopic (exact) mass is 340 g/mol. The summed E-state index contributed by atoms with van der Waals surface area (Å²) in [4.78, 5) is 36.6. The Morgan fingerprint density at radius 3 is 2.52 bits per heavy atom. The molecule has 0 N–H and O–H groups in total. The van der Waals surface area contributed by atoms with E-state index in [9.17, 15) is 19.7 Å². The number of carbonyl (C=O) groups excluding carboxylic acids is 2. The maximum absolute atomic E-state index is 12.8. The third-order valence-electron chi connectivity index (χ3n) is 4.23. The standard InChI is InChI=1S/C18H16N2O5/c1-25-18(22)15-4-2-6-16-14(15)5-3-11-19(16)17(21)12-7-9-13(10-8-12)20(23)24/h2,4,6-10H,3,5,11H2,1H3. The van der Waals surface area contributed by atoms with Gasteiger partial charge in [0.2, 0.25) is 0 Å². The number of ether oxygens (including phenoxy) is 1. The fraction of sp³-hybridized carbons (Fsp3) is 0.222. The van der Waals surface area contributed by atoms with E-state index < -0.39 is 10.9 Å². The van der Waals surface area contributed by atoms with E-state index in [0.717, 1.165) is 12.0 Å². The van der Waals surface area contributed by atoms with Crippen molar-refractivity contribution in [2.75, 3.05) is 18.6 Å². The summed E-state index contributed by atoms with van der Waals surface area (Å²) in [6, 6.07) is 10.7. The number of nitro benzene ring substituents is 1. The number of amides is 1. The number of anilines is 1. The van der Waals surface area contributed by atoms with Crippen LogP contribution >= 0.6 is 0 Å². The third-order valence-corrected chi connectivity index (χ3v) is 4.23. The number of fused-ring (bicyclic) bond motifs is 1. The SMILES string of the molecule is COC(=O)c1cccc2c1CCCN2C(=O)c1ccc([N+](=O)[O-])cc1. The van der Waals surface area contributed by atoms with Gasteiger partial charge in [-0.15, -0.1) is 0 Å². The highest BCUT2D eigenvalue weighted by Gasteiger charge is 2.27. The fourth-order valence-corrected chi connectivity index (χ4v) is 3.02. The molecule has 2 aromatic rings. The normalized spacial score (nSPS) is 13.1. The summed E-state index contributed by atoms with van der Waals surface area (Å²) in [7, 11) is 1.32. The molecule has 25 heavy (non-hydrogen) atoms. The smallest absolute Gasteiger partial charge is 0.338 e. The van der Waals surface area contributed by atoms with Crippen LogP contribution in [0.15, 0.2) is 42.5 Å². The molecular formula is C18H16N2O5. The van der Waals surface area contributed by atoms with E-state index in [1.165, 1.54) is 31.4 Å². The molecule has 7 nitrogen and oxygen atoms in total. The van der Waals surface area contributed by atoms with Crippen molar-refractivity contribution in [1.82, 2.24) is 0 Å². The number of methoxy groups -OCH3 is 1. The Morgan fingerprint density at radius 1 is 1.16 bits per heavy atom. The van der Waals surface area contributed by atoms with Crippen LogP contribution in [0.4, 0.5) is 11.4 Å². The lowest BCUT2D eigenvalue weighted by Gasteiger charge is -2.30. The molecule has 0 fully saturated rings. The van der Waals surface area contributed by atoms with E-state index in [2.05, 4.69) is 0 Å². The Morgan fingerprint density at radius 2 is 1.88 bits per heavy atom. The van der Waals surface area contributed by atoms with Gasteiger partial charge in [-0.2, -0.15) is 0 Å². The van der Waals surface area contributed by atoms with Gasteiger partial charge in [-0.05, 0) is 42.7 Å². The molecule has 0 aliphatic carbocycles. The summed E-state index contributed by atoms with van der Waals surface area (Å²) in [5.74, 6) is -0.681. The van der Waals surface area contributed by atoms with E-state index in [0.29, 0.717) is 29.8 Å². The van der Waals surface area contributed by atoms with E-state index >= 15 is 0 Å². The van der Waals surface area contributed by atoms with Crippen LogP contribution in [-0.4, -0.2) is 30.5 Å². The fourth-order valence-electron chi connectivity index (χ4n) is 3.02. The minimum Gasteiger partial charge on any atom is -0.465 e. The second-order valence-electron chi connectivity index (χ2n) is 5.66. The van der Waals surface area contributed by atoms with Gasteiger partial charge < -0.3 is 9.64 Å². The van der Waals surface area contributed by atoms with Crippen LogP contribution in [0.25, 0.3) is 0 Å². The summed E-state index contributed by atoms with van der Waals surface area (Å²) in [6.07, 6.45) is 1.41. The van der Waals surface area contributed by atoms with Crippen LogP contribution in [0.3, 0.4) is 0 Å². The molecule has 2 aromatic carbocycles. The van der Waals surface area contributed by atoms with Gasteiger partial charge in [-0.1, -0.05) is 6.07 Å². The molecule has 3 rings (SSSR count). The predicted molar refractivity (Wildman–Crippen MR) is 90.9 cm³/mol. The first kappa shape index (κ1) is 16.6. The Balaban J connectivity index is 1.96. The zero-order valence-corrected chi connectivity index (χ0v) is 13.6. The molecule has 1 heterocycles. The largest absolute Gasteiger partial charge is 0.465 e. The number of rotatable bonds is 3. The van der Waals surface area contributed by atoms with Crippen molar-refractivity contribution < 1.29 is 19.2 Å².